The van der Waals surface area contributed by atoms with E-state index in [1.807, 2.05) is 0 Å². The highest BCUT2D eigenvalue weighted by atomic mass is 32.2. The summed E-state index contributed by atoms with van der Waals surface area (Å²) in [4.78, 5) is 11.0. The van der Waals surface area contributed by atoms with Gasteiger partial charge in [-0.2, -0.15) is 0 Å². The molecule has 0 heterocycles. The molecule has 0 aliphatic carbocycles. The van der Waals surface area contributed by atoms with Crippen LogP contribution in [0.1, 0.15) is 17.3 Å². The van der Waals surface area contributed by atoms with Gasteiger partial charge in [-0.25, -0.2) is 13.2 Å². The maximum atomic E-state index is 11.6. The number of ether oxygens (including phenoxy) is 1. The van der Waals surface area contributed by atoms with Crippen molar-refractivity contribution in [2.75, 3.05) is 6.61 Å². The Hall–Kier alpha value is -1.44. The van der Waals surface area contributed by atoms with E-state index in [4.69, 9.17) is 4.74 Å². The van der Waals surface area contributed by atoms with Crippen LogP contribution in [-0.4, -0.2) is 31.6 Å². The number of esters is 1. The summed E-state index contributed by atoms with van der Waals surface area (Å²) < 4.78 is 37.6. The van der Waals surface area contributed by atoms with E-state index >= 15 is 0 Å². The summed E-state index contributed by atoms with van der Waals surface area (Å²) >= 11 is 0. The quantitative estimate of drug-likeness (QED) is 0.572. The molecule has 0 aliphatic rings. The molecule has 0 radical (unpaired) electrons. The number of hydrogen-bond acceptors (Lipinski definition) is 5. The van der Waals surface area contributed by atoms with Crippen molar-refractivity contribution in [1.82, 2.24) is 0 Å². The molecule has 6 nitrogen and oxygen atoms in total. The smallest absolute Gasteiger partial charge is 0.339 e. The number of carbonyl (C=O) groups is 1. The Morgan fingerprint density at radius 1 is 1.47 bits per heavy atom. The van der Waals surface area contributed by atoms with Crippen molar-refractivity contribution >= 4 is 16.1 Å². The predicted molar refractivity (Wildman–Crippen MR) is 57.0 cm³/mol. The molecule has 0 amide bonds. The molecule has 0 aliphatic heterocycles. The van der Waals surface area contributed by atoms with Gasteiger partial charge in [0.25, 0.3) is 0 Å². The van der Waals surface area contributed by atoms with Crippen molar-refractivity contribution in [3.05, 3.63) is 29.8 Å². The second-order valence-electron chi connectivity index (χ2n) is 3.65. The van der Waals surface area contributed by atoms with Gasteiger partial charge in [-0.15, -0.1) is 0 Å². The molecule has 0 saturated carbocycles. The van der Waals surface area contributed by atoms with E-state index in [9.17, 15) is 17.8 Å². The van der Waals surface area contributed by atoms with Gasteiger partial charge in [0, 0.05) is 0 Å². The van der Waals surface area contributed by atoms with Gasteiger partial charge in [0.2, 0.25) is 0 Å². The molecule has 1 atom stereocenters. The van der Waals surface area contributed by atoms with Crippen LogP contribution in [0.3, 0.4) is 0 Å². The molecule has 1 aromatic rings. The maximum absolute atomic E-state index is 11.6. The second-order valence-corrected chi connectivity index (χ2v) is 5.00. The van der Waals surface area contributed by atoms with Gasteiger partial charge in [0.05, 0.1) is 10.5 Å². The van der Waals surface area contributed by atoms with Gasteiger partial charge < -0.3 is 15.0 Å². The zero-order valence-corrected chi connectivity index (χ0v) is 10.1. The lowest BCUT2D eigenvalue weighted by Gasteiger charge is -2.12. The average Bonchev–Trinajstić information content (AvgIpc) is 2.24. The Morgan fingerprint density at radius 2 is 2.06 bits per heavy atom. The summed E-state index contributed by atoms with van der Waals surface area (Å²) in [6.45, 7) is 1.80. The number of quaternary nitrogens is 1. The largest absolute Gasteiger partial charge is 0.744 e. The van der Waals surface area contributed by atoms with Gasteiger partial charge in [-0.05, 0) is 19.1 Å². The molecular weight excluding hydrogens is 246 g/mol. The summed E-state index contributed by atoms with van der Waals surface area (Å²) in [5.74, 6) is -0.837. The molecule has 0 bridgehead atoms. The van der Waals surface area contributed by atoms with Crippen molar-refractivity contribution < 1.29 is 28.2 Å². The lowest BCUT2D eigenvalue weighted by molar-refractivity contribution is -0.418. The summed E-state index contributed by atoms with van der Waals surface area (Å²) in [5.41, 5.74) is 3.37. The molecule has 1 aromatic carbocycles. The molecule has 0 saturated heterocycles. The maximum Gasteiger partial charge on any atom is 0.339 e. The van der Waals surface area contributed by atoms with Crippen LogP contribution >= 0.6 is 0 Å². The summed E-state index contributed by atoms with van der Waals surface area (Å²) in [7, 11) is -4.68. The van der Waals surface area contributed by atoms with Crippen molar-refractivity contribution in [1.29, 1.82) is 0 Å². The highest BCUT2D eigenvalue weighted by Crippen LogP contribution is 2.15. The summed E-state index contributed by atoms with van der Waals surface area (Å²) in [5, 5.41) is 0. The van der Waals surface area contributed by atoms with Crippen molar-refractivity contribution in [3.63, 3.8) is 0 Å². The molecule has 0 fully saturated rings. The fraction of sp³-hybridized carbons (Fsp3) is 0.300. The van der Waals surface area contributed by atoms with Crippen molar-refractivity contribution in [2.24, 2.45) is 0 Å². The second kappa shape index (κ2) is 5.26. The van der Waals surface area contributed by atoms with Crippen LogP contribution in [0.25, 0.3) is 0 Å². The van der Waals surface area contributed by atoms with E-state index in [0.717, 1.165) is 6.07 Å². The van der Waals surface area contributed by atoms with Crippen LogP contribution in [0.5, 0.6) is 0 Å². The third kappa shape index (κ3) is 3.81. The first kappa shape index (κ1) is 13.6. The van der Waals surface area contributed by atoms with Gasteiger partial charge in [0.15, 0.2) is 0 Å². The van der Waals surface area contributed by atoms with E-state index in [1.54, 1.807) is 6.92 Å². The predicted octanol–water partition coefficient (Wildman–Crippen LogP) is -0.622. The zero-order valence-electron chi connectivity index (χ0n) is 9.25. The van der Waals surface area contributed by atoms with E-state index < -0.39 is 21.0 Å². The average molecular weight is 259 g/mol. The van der Waals surface area contributed by atoms with Crippen molar-refractivity contribution in [3.8, 4) is 0 Å². The molecule has 94 valence electrons. The van der Waals surface area contributed by atoms with E-state index in [1.165, 1.54) is 18.2 Å². The number of benzene rings is 1. The van der Waals surface area contributed by atoms with Gasteiger partial charge >= 0.3 is 5.97 Å². The molecular formula is C10H13NO5S. The number of rotatable bonds is 4. The summed E-state index contributed by atoms with van der Waals surface area (Å²) in [6.07, 6.45) is 0. The molecule has 1 rings (SSSR count). The van der Waals surface area contributed by atoms with Gasteiger partial charge in [-0.3, -0.25) is 0 Å². The van der Waals surface area contributed by atoms with E-state index in [2.05, 4.69) is 5.73 Å². The molecule has 0 aromatic heterocycles. The molecule has 3 N–H and O–H groups in total. The van der Waals surface area contributed by atoms with Gasteiger partial charge in [-0.1, -0.05) is 12.1 Å². The Balaban J connectivity index is 3.02. The third-order valence-corrected chi connectivity index (χ3v) is 2.77. The molecule has 1 unspecified atom stereocenters. The Morgan fingerprint density at radius 3 is 2.59 bits per heavy atom. The topological polar surface area (TPSA) is 111 Å². The van der Waals surface area contributed by atoms with Gasteiger partial charge in [0.1, 0.15) is 22.8 Å². The Kier molecular flexibility index (Phi) is 4.22. The van der Waals surface area contributed by atoms with E-state index in [0.29, 0.717) is 0 Å². The third-order valence-electron chi connectivity index (χ3n) is 1.88. The minimum Gasteiger partial charge on any atom is -0.744 e. The zero-order chi connectivity index (χ0) is 13.1. The highest BCUT2D eigenvalue weighted by molar-refractivity contribution is 7.85. The van der Waals surface area contributed by atoms with Crippen LogP contribution in [-0.2, 0) is 14.9 Å². The SMILES string of the molecule is CC([NH3+])COC(=O)c1ccccc1S(=O)(=O)[O-]. The van der Waals surface area contributed by atoms with Crippen LogP contribution in [0.4, 0.5) is 0 Å². The Labute approximate surface area is 99.1 Å². The lowest BCUT2D eigenvalue weighted by Crippen LogP contribution is -2.61. The lowest BCUT2D eigenvalue weighted by atomic mass is 10.2. The normalized spacial score (nSPS) is 13.1. The van der Waals surface area contributed by atoms with Crippen LogP contribution in [0.15, 0.2) is 29.2 Å². The first-order valence-electron chi connectivity index (χ1n) is 4.87. The van der Waals surface area contributed by atoms with Crippen LogP contribution in [0, 0.1) is 0 Å². The highest BCUT2D eigenvalue weighted by Gasteiger charge is 2.17. The number of hydrogen-bond donors (Lipinski definition) is 1. The van der Waals surface area contributed by atoms with Crippen molar-refractivity contribution in [2.45, 2.75) is 17.9 Å². The fourth-order valence-electron chi connectivity index (χ4n) is 1.15. The van der Waals surface area contributed by atoms with E-state index in [-0.39, 0.29) is 18.2 Å². The molecule has 17 heavy (non-hydrogen) atoms. The van der Waals surface area contributed by atoms with Crippen LogP contribution in [0.2, 0.25) is 0 Å². The molecule has 0 spiro atoms. The minimum absolute atomic E-state index is 0.0616. The summed E-state index contributed by atoms with van der Waals surface area (Å²) in [6, 6.07) is 5.02. The monoisotopic (exact) mass is 259 g/mol. The van der Waals surface area contributed by atoms with Crippen LogP contribution < -0.4 is 5.73 Å². The first-order valence-corrected chi connectivity index (χ1v) is 6.28. The fourth-order valence-corrected chi connectivity index (χ4v) is 1.81. The minimum atomic E-state index is -4.68. The molecule has 7 heteroatoms. The number of carbonyl (C=O) groups excluding carboxylic acids is 1. The standard InChI is InChI=1S/C10H13NO5S/c1-7(11)6-16-10(12)8-4-2-3-5-9(8)17(13,14)15/h2-5,7H,6,11H2,1H3,(H,13,14,15). The Bertz CT molecular complexity index is 509. The first-order chi connectivity index (χ1) is 7.82.